The van der Waals surface area contributed by atoms with Gasteiger partial charge < -0.3 is 23.9 Å². The number of amides is 1. The van der Waals surface area contributed by atoms with Crippen LogP contribution < -0.4 is 9.47 Å². The lowest BCUT2D eigenvalue weighted by molar-refractivity contribution is -0.137. The fraction of sp³-hybridized carbons (Fsp3) is 0.250. The van der Waals surface area contributed by atoms with Crippen LogP contribution in [0.25, 0.3) is 0 Å². The van der Waals surface area contributed by atoms with Crippen molar-refractivity contribution in [3.8, 4) is 11.5 Å². The van der Waals surface area contributed by atoms with Crippen molar-refractivity contribution in [1.82, 2.24) is 4.90 Å². The van der Waals surface area contributed by atoms with Crippen LogP contribution in [0.4, 0.5) is 0 Å². The summed E-state index contributed by atoms with van der Waals surface area (Å²) >= 11 is 0. The standard InChI is InChI=1S/C16H17NO6/c1-21-13-5-11(6-14(7-13)22-2)8-17(9-15(18)19)16(20)12-3-4-23-10-12/h3-7,10H,8-9H2,1-2H3,(H,18,19). The zero-order valence-corrected chi connectivity index (χ0v) is 12.8. The summed E-state index contributed by atoms with van der Waals surface area (Å²) in [5.74, 6) is -0.407. The topological polar surface area (TPSA) is 89.2 Å². The van der Waals surface area contributed by atoms with E-state index < -0.39 is 18.4 Å². The fourth-order valence-electron chi connectivity index (χ4n) is 2.11. The molecule has 0 aliphatic heterocycles. The van der Waals surface area contributed by atoms with E-state index in [2.05, 4.69) is 0 Å². The molecule has 23 heavy (non-hydrogen) atoms. The van der Waals surface area contributed by atoms with Crippen LogP contribution in [0.3, 0.4) is 0 Å². The van der Waals surface area contributed by atoms with E-state index in [1.54, 1.807) is 18.2 Å². The van der Waals surface area contributed by atoms with Crippen LogP contribution in [0, 0.1) is 0 Å². The molecule has 122 valence electrons. The average Bonchev–Trinajstić information content (AvgIpc) is 3.07. The fourth-order valence-corrected chi connectivity index (χ4v) is 2.11. The Morgan fingerprint density at radius 1 is 1.17 bits per heavy atom. The number of methoxy groups -OCH3 is 2. The molecule has 0 saturated heterocycles. The molecule has 0 unspecified atom stereocenters. The van der Waals surface area contributed by atoms with Gasteiger partial charge in [0.1, 0.15) is 24.3 Å². The number of furan rings is 1. The van der Waals surface area contributed by atoms with Crippen LogP contribution in [0.5, 0.6) is 11.5 Å². The summed E-state index contributed by atoms with van der Waals surface area (Å²) < 4.78 is 15.2. The summed E-state index contributed by atoms with van der Waals surface area (Å²) in [5.41, 5.74) is 0.986. The van der Waals surface area contributed by atoms with Gasteiger partial charge in [0, 0.05) is 12.6 Å². The van der Waals surface area contributed by atoms with E-state index in [4.69, 9.17) is 19.0 Å². The van der Waals surface area contributed by atoms with E-state index in [9.17, 15) is 9.59 Å². The van der Waals surface area contributed by atoms with Crippen LogP contribution in [-0.2, 0) is 11.3 Å². The molecule has 2 aromatic rings. The second kappa shape index (κ2) is 7.35. The van der Waals surface area contributed by atoms with E-state index in [0.29, 0.717) is 22.6 Å². The number of rotatable bonds is 7. The highest BCUT2D eigenvalue weighted by Crippen LogP contribution is 2.24. The van der Waals surface area contributed by atoms with Crippen molar-refractivity contribution in [2.75, 3.05) is 20.8 Å². The van der Waals surface area contributed by atoms with Gasteiger partial charge in [-0.05, 0) is 23.8 Å². The number of benzene rings is 1. The molecule has 1 heterocycles. The Morgan fingerprint density at radius 2 is 1.83 bits per heavy atom. The van der Waals surface area contributed by atoms with Gasteiger partial charge in [0.25, 0.3) is 5.91 Å². The summed E-state index contributed by atoms with van der Waals surface area (Å²) in [6, 6.07) is 6.63. The molecule has 0 bridgehead atoms. The molecule has 0 aliphatic carbocycles. The minimum absolute atomic E-state index is 0.101. The number of carboxylic acid groups (broad SMARTS) is 1. The van der Waals surface area contributed by atoms with Gasteiger partial charge in [0.05, 0.1) is 26.0 Å². The van der Waals surface area contributed by atoms with Crippen molar-refractivity contribution < 1.29 is 28.6 Å². The molecule has 7 heteroatoms. The highest BCUT2D eigenvalue weighted by Gasteiger charge is 2.20. The Morgan fingerprint density at radius 3 is 2.30 bits per heavy atom. The van der Waals surface area contributed by atoms with Gasteiger partial charge in [-0.3, -0.25) is 9.59 Å². The second-order valence-corrected chi connectivity index (χ2v) is 4.79. The number of hydrogen-bond acceptors (Lipinski definition) is 5. The Balaban J connectivity index is 2.27. The number of aliphatic carboxylic acids is 1. The molecule has 1 N–H and O–H groups in total. The summed E-state index contributed by atoms with van der Waals surface area (Å²) in [6.07, 6.45) is 2.64. The highest BCUT2D eigenvalue weighted by atomic mass is 16.5. The van der Waals surface area contributed by atoms with E-state index in [1.165, 1.54) is 37.7 Å². The molecule has 0 aliphatic rings. The maximum Gasteiger partial charge on any atom is 0.323 e. The monoisotopic (exact) mass is 319 g/mol. The summed E-state index contributed by atoms with van der Waals surface area (Å²) in [7, 11) is 3.04. The maximum atomic E-state index is 12.4. The van der Waals surface area contributed by atoms with Crippen LogP contribution >= 0.6 is 0 Å². The zero-order chi connectivity index (χ0) is 16.8. The Bertz CT molecular complexity index is 658. The summed E-state index contributed by atoms with van der Waals surface area (Å²) in [6.45, 7) is -0.326. The SMILES string of the molecule is COc1cc(CN(CC(=O)O)C(=O)c2ccoc2)cc(OC)c1. The molecule has 0 radical (unpaired) electrons. The molecule has 0 fully saturated rings. The van der Waals surface area contributed by atoms with Crippen molar-refractivity contribution in [1.29, 1.82) is 0 Å². The van der Waals surface area contributed by atoms with E-state index >= 15 is 0 Å². The van der Waals surface area contributed by atoms with E-state index in [0.717, 1.165) is 0 Å². The number of hydrogen-bond donors (Lipinski definition) is 1. The summed E-state index contributed by atoms with van der Waals surface area (Å²) in [4.78, 5) is 24.7. The normalized spacial score (nSPS) is 10.2. The first-order valence-electron chi connectivity index (χ1n) is 6.78. The third kappa shape index (κ3) is 4.26. The van der Waals surface area contributed by atoms with Crippen molar-refractivity contribution in [3.05, 3.63) is 47.9 Å². The minimum Gasteiger partial charge on any atom is -0.497 e. The first-order valence-corrected chi connectivity index (χ1v) is 6.78. The maximum absolute atomic E-state index is 12.4. The molecule has 1 amide bonds. The van der Waals surface area contributed by atoms with Crippen LogP contribution in [0.1, 0.15) is 15.9 Å². The predicted octanol–water partition coefficient (Wildman–Crippen LogP) is 2.02. The van der Waals surface area contributed by atoms with Gasteiger partial charge in [-0.15, -0.1) is 0 Å². The van der Waals surface area contributed by atoms with Crippen molar-refractivity contribution in [3.63, 3.8) is 0 Å². The highest BCUT2D eigenvalue weighted by molar-refractivity contribution is 5.95. The second-order valence-electron chi connectivity index (χ2n) is 4.79. The van der Waals surface area contributed by atoms with Crippen LogP contribution in [-0.4, -0.2) is 42.6 Å². The summed E-state index contributed by atoms with van der Waals surface area (Å²) in [5, 5.41) is 9.04. The van der Waals surface area contributed by atoms with Gasteiger partial charge >= 0.3 is 5.97 Å². The van der Waals surface area contributed by atoms with Gasteiger partial charge in [0.15, 0.2) is 0 Å². The zero-order valence-electron chi connectivity index (χ0n) is 12.8. The number of nitrogens with zero attached hydrogens (tertiary/aromatic N) is 1. The molecule has 0 saturated carbocycles. The Labute approximate surface area is 133 Å². The van der Waals surface area contributed by atoms with Gasteiger partial charge in [-0.25, -0.2) is 0 Å². The van der Waals surface area contributed by atoms with Gasteiger partial charge in [0.2, 0.25) is 0 Å². The quantitative estimate of drug-likeness (QED) is 0.840. The third-order valence-electron chi connectivity index (χ3n) is 3.17. The van der Waals surface area contributed by atoms with Gasteiger partial charge in [-0.2, -0.15) is 0 Å². The molecular weight excluding hydrogens is 302 g/mol. The number of carbonyl (C=O) groups is 2. The number of carbonyl (C=O) groups excluding carboxylic acids is 1. The molecule has 0 spiro atoms. The lowest BCUT2D eigenvalue weighted by atomic mass is 10.1. The molecular formula is C16H17NO6. The molecule has 1 aromatic heterocycles. The molecule has 0 atom stereocenters. The number of carboxylic acids is 1. The van der Waals surface area contributed by atoms with Crippen molar-refractivity contribution >= 4 is 11.9 Å². The average molecular weight is 319 g/mol. The third-order valence-corrected chi connectivity index (χ3v) is 3.17. The smallest absolute Gasteiger partial charge is 0.323 e. The van der Waals surface area contributed by atoms with Crippen molar-refractivity contribution in [2.45, 2.75) is 6.54 Å². The van der Waals surface area contributed by atoms with Crippen LogP contribution in [0.2, 0.25) is 0 Å². The molecule has 1 aromatic carbocycles. The molecule has 7 nitrogen and oxygen atoms in total. The first kappa shape index (κ1) is 16.4. The van der Waals surface area contributed by atoms with Crippen molar-refractivity contribution in [2.24, 2.45) is 0 Å². The Hall–Kier alpha value is -2.96. The number of ether oxygens (including phenoxy) is 2. The largest absolute Gasteiger partial charge is 0.497 e. The molecule has 2 rings (SSSR count). The Kier molecular flexibility index (Phi) is 5.24. The lowest BCUT2D eigenvalue weighted by Gasteiger charge is -2.20. The van der Waals surface area contributed by atoms with Crippen LogP contribution in [0.15, 0.2) is 41.2 Å². The van der Waals surface area contributed by atoms with E-state index in [-0.39, 0.29) is 6.54 Å². The first-order chi connectivity index (χ1) is 11.0. The predicted molar refractivity (Wildman–Crippen MR) is 80.6 cm³/mol. The van der Waals surface area contributed by atoms with Gasteiger partial charge in [-0.1, -0.05) is 0 Å². The minimum atomic E-state index is -1.10. The lowest BCUT2D eigenvalue weighted by Crippen LogP contribution is -2.35. The van der Waals surface area contributed by atoms with E-state index in [1.807, 2.05) is 0 Å².